The lowest BCUT2D eigenvalue weighted by Gasteiger charge is -2.19. The molecule has 0 saturated carbocycles. The molecule has 1 unspecified atom stereocenters. The van der Waals surface area contributed by atoms with Crippen LogP contribution in [0, 0.1) is 11.7 Å². The first-order valence-electron chi connectivity index (χ1n) is 14.1. The first-order chi connectivity index (χ1) is 21.1. The number of ether oxygens (including phenoxy) is 2. The summed E-state index contributed by atoms with van der Waals surface area (Å²) in [7, 11) is 0. The molecule has 0 aliphatic rings. The second-order valence-electron chi connectivity index (χ2n) is 10.2. The van der Waals surface area contributed by atoms with Gasteiger partial charge in [-0.15, -0.1) is 6.58 Å². The molecule has 3 amide bonds. The van der Waals surface area contributed by atoms with Crippen LogP contribution in [0.5, 0.6) is 11.5 Å². The molecule has 3 N–H and O–H groups in total. The molecular weight excluding hydrogens is 587 g/mol. The first-order valence-corrected chi connectivity index (χ1v) is 14.5. The van der Waals surface area contributed by atoms with Crippen molar-refractivity contribution in [1.29, 1.82) is 0 Å². The number of allylic oxidation sites excluding steroid dienone is 1. The monoisotopic (exact) mass is 622 g/mol. The molecule has 0 spiro atoms. The van der Waals surface area contributed by atoms with Crippen molar-refractivity contribution in [2.24, 2.45) is 11.0 Å². The summed E-state index contributed by atoms with van der Waals surface area (Å²) in [4.78, 5) is 38.2. The van der Waals surface area contributed by atoms with Crippen LogP contribution in [0.3, 0.4) is 0 Å². The van der Waals surface area contributed by atoms with E-state index in [-0.39, 0.29) is 12.5 Å². The van der Waals surface area contributed by atoms with Crippen molar-refractivity contribution in [1.82, 2.24) is 10.7 Å². The smallest absolute Gasteiger partial charge is 0.262 e. The summed E-state index contributed by atoms with van der Waals surface area (Å²) in [6.45, 7) is 9.52. The number of amides is 3. The van der Waals surface area contributed by atoms with Gasteiger partial charge in [0.2, 0.25) is 0 Å². The van der Waals surface area contributed by atoms with Crippen LogP contribution in [-0.4, -0.2) is 43.2 Å². The Labute approximate surface area is 261 Å². The third-order valence-electron chi connectivity index (χ3n) is 6.12. The van der Waals surface area contributed by atoms with E-state index in [1.54, 1.807) is 42.5 Å². The van der Waals surface area contributed by atoms with E-state index in [0.29, 0.717) is 58.3 Å². The topological polar surface area (TPSA) is 118 Å². The number of anilines is 1. The number of carbonyl (C=O) groups is 3. The number of nitrogens with one attached hydrogen (secondary N) is 3. The Morgan fingerprint density at radius 1 is 1.05 bits per heavy atom. The van der Waals surface area contributed by atoms with Gasteiger partial charge in [-0.05, 0) is 91.9 Å². The molecule has 0 heterocycles. The Hall–Kier alpha value is -4.70. The van der Waals surface area contributed by atoms with E-state index >= 15 is 0 Å². The number of hydrogen-bond acceptors (Lipinski definition) is 6. The minimum absolute atomic E-state index is 0.126. The maximum atomic E-state index is 13.2. The summed E-state index contributed by atoms with van der Waals surface area (Å²) in [6.07, 6.45) is 3.93. The fraction of sp³-hybridized carbons (Fsp3) is 0.273. The fourth-order valence-corrected chi connectivity index (χ4v) is 4.28. The Kier molecular flexibility index (Phi) is 12.9. The lowest BCUT2D eigenvalue weighted by molar-refractivity contribution is -0.123. The van der Waals surface area contributed by atoms with Crippen molar-refractivity contribution in [2.75, 3.05) is 18.5 Å². The standard InChI is InChI=1S/C33H36ClFN4O5/c1-5-7-24-17-22(18-29(43-6-2)31(24)44-20-30(40)37-27-14-12-26(35)13-15-27)19-36-39-33(42)28(16-21(3)4)38-32(41)23-8-10-25(34)11-9-23/h5,8-15,17-19,21,28H,1,6-7,16,20H2,2-4H3,(H,37,40)(H,38,41)(H,39,42)/b36-19+. The molecule has 0 aliphatic heterocycles. The Bertz CT molecular complexity index is 1480. The maximum Gasteiger partial charge on any atom is 0.262 e. The molecule has 9 nitrogen and oxygen atoms in total. The number of carbonyl (C=O) groups excluding carboxylic acids is 3. The van der Waals surface area contributed by atoms with E-state index < -0.39 is 29.6 Å². The van der Waals surface area contributed by atoms with Crippen LogP contribution in [0.2, 0.25) is 5.02 Å². The molecule has 0 aromatic heterocycles. The second-order valence-corrected chi connectivity index (χ2v) is 10.6. The molecule has 0 fully saturated rings. The van der Waals surface area contributed by atoms with Crippen LogP contribution in [0.4, 0.5) is 10.1 Å². The van der Waals surface area contributed by atoms with Gasteiger partial charge in [-0.3, -0.25) is 14.4 Å². The maximum absolute atomic E-state index is 13.2. The van der Waals surface area contributed by atoms with Gasteiger partial charge in [0.15, 0.2) is 18.1 Å². The van der Waals surface area contributed by atoms with E-state index in [2.05, 4.69) is 27.7 Å². The zero-order valence-electron chi connectivity index (χ0n) is 24.9. The van der Waals surface area contributed by atoms with Gasteiger partial charge in [0.1, 0.15) is 11.9 Å². The number of hydrazone groups is 1. The van der Waals surface area contributed by atoms with Gasteiger partial charge in [-0.1, -0.05) is 31.5 Å². The lowest BCUT2D eigenvalue weighted by atomic mass is 10.0. The third kappa shape index (κ3) is 10.5. The van der Waals surface area contributed by atoms with Crippen molar-refractivity contribution in [3.05, 3.63) is 101 Å². The fourth-order valence-electron chi connectivity index (χ4n) is 4.15. The predicted molar refractivity (Wildman–Crippen MR) is 170 cm³/mol. The normalized spacial score (nSPS) is 11.6. The molecule has 44 heavy (non-hydrogen) atoms. The van der Waals surface area contributed by atoms with E-state index in [1.165, 1.54) is 30.5 Å². The molecule has 1 atom stereocenters. The minimum Gasteiger partial charge on any atom is -0.490 e. The molecular formula is C33H36ClFN4O5. The summed E-state index contributed by atoms with van der Waals surface area (Å²) < 4.78 is 24.8. The zero-order valence-corrected chi connectivity index (χ0v) is 25.6. The molecule has 3 rings (SSSR count). The number of hydrogen-bond donors (Lipinski definition) is 3. The Morgan fingerprint density at radius 3 is 2.39 bits per heavy atom. The minimum atomic E-state index is -0.817. The summed E-state index contributed by atoms with van der Waals surface area (Å²) in [6, 6.07) is 14.4. The first kappa shape index (κ1) is 33.8. The van der Waals surface area contributed by atoms with Crippen molar-refractivity contribution in [2.45, 2.75) is 39.7 Å². The van der Waals surface area contributed by atoms with Gasteiger partial charge in [0.05, 0.1) is 12.8 Å². The molecule has 11 heteroatoms. The third-order valence-corrected chi connectivity index (χ3v) is 6.37. The van der Waals surface area contributed by atoms with E-state index in [9.17, 15) is 18.8 Å². The zero-order chi connectivity index (χ0) is 32.1. The molecule has 0 saturated heterocycles. The Balaban J connectivity index is 1.72. The van der Waals surface area contributed by atoms with Crippen molar-refractivity contribution in [3.8, 4) is 11.5 Å². The van der Waals surface area contributed by atoms with Gasteiger partial charge in [0, 0.05) is 21.8 Å². The summed E-state index contributed by atoms with van der Waals surface area (Å²) >= 11 is 5.91. The van der Waals surface area contributed by atoms with Crippen LogP contribution in [0.15, 0.2) is 78.4 Å². The van der Waals surface area contributed by atoms with Crippen LogP contribution >= 0.6 is 11.6 Å². The second kappa shape index (κ2) is 16.8. The van der Waals surface area contributed by atoms with E-state index in [4.69, 9.17) is 21.1 Å². The van der Waals surface area contributed by atoms with Gasteiger partial charge >= 0.3 is 0 Å². The van der Waals surface area contributed by atoms with E-state index in [0.717, 1.165) is 0 Å². The Morgan fingerprint density at radius 2 is 1.75 bits per heavy atom. The molecule has 232 valence electrons. The molecule has 0 aliphatic carbocycles. The number of halogens is 2. The average Bonchev–Trinajstić information content (AvgIpc) is 2.98. The lowest BCUT2D eigenvalue weighted by Crippen LogP contribution is -2.46. The summed E-state index contributed by atoms with van der Waals surface area (Å²) in [5.74, 6) is -0.846. The molecule has 3 aromatic carbocycles. The van der Waals surface area contributed by atoms with Crippen molar-refractivity contribution in [3.63, 3.8) is 0 Å². The van der Waals surface area contributed by atoms with Crippen molar-refractivity contribution < 1.29 is 28.2 Å². The van der Waals surface area contributed by atoms with Gasteiger partial charge in [-0.2, -0.15) is 5.10 Å². The van der Waals surface area contributed by atoms with Gasteiger partial charge in [-0.25, -0.2) is 9.82 Å². The van der Waals surface area contributed by atoms with Crippen LogP contribution in [0.1, 0.15) is 48.7 Å². The number of rotatable bonds is 15. The number of benzene rings is 3. The van der Waals surface area contributed by atoms with Crippen LogP contribution < -0.4 is 25.5 Å². The highest BCUT2D eigenvalue weighted by molar-refractivity contribution is 6.30. The van der Waals surface area contributed by atoms with Crippen LogP contribution in [-0.2, 0) is 16.0 Å². The van der Waals surface area contributed by atoms with Gasteiger partial charge in [0.25, 0.3) is 17.7 Å². The SMILES string of the molecule is C=CCc1cc(/C=N/NC(=O)C(CC(C)C)NC(=O)c2ccc(Cl)cc2)cc(OCC)c1OCC(=O)Nc1ccc(F)cc1. The molecule has 3 aromatic rings. The average molecular weight is 623 g/mol. The highest BCUT2D eigenvalue weighted by Crippen LogP contribution is 2.33. The summed E-state index contributed by atoms with van der Waals surface area (Å²) in [5, 5.41) is 10.0. The largest absolute Gasteiger partial charge is 0.490 e. The van der Waals surface area contributed by atoms with Gasteiger partial charge < -0.3 is 20.1 Å². The molecule has 0 radical (unpaired) electrons. The highest BCUT2D eigenvalue weighted by Gasteiger charge is 2.22. The van der Waals surface area contributed by atoms with Crippen molar-refractivity contribution >= 4 is 41.2 Å². The predicted octanol–water partition coefficient (Wildman–Crippen LogP) is 5.92. The molecule has 0 bridgehead atoms. The quantitative estimate of drug-likeness (QED) is 0.111. The van der Waals surface area contributed by atoms with E-state index in [1.807, 2.05) is 20.8 Å². The van der Waals surface area contributed by atoms with Crippen LogP contribution in [0.25, 0.3) is 0 Å². The number of nitrogens with zero attached hydrogens (tertiary/aromatic N) is 1. The summed E-state index contributed by atoms with van der Waals surface area (Å²) in [5.41, 5.74) is 4.61. The highest BCUT2D eigenvalue weighted by atomic mass is 35.5.